The molecule has 0 unspecified atom stereocenters. The van der Waals surface area contributed by atoms with Crippen LogP contribution in [0.5, 0.6) is 0 Å². The number of amides is 2. The summed E-state index contributed by atoms with van der Waals surface area (Å²) in [5.41, 5.74) is 1.13. The first kappa shape index (κ1) is 42.8. The zero-order valence-corrected chi connectivity index (χ0v) is 33.5. The molecule has 0 atom stereocenters. The van der Waals surface area contributed by atoms with Crippen molar-refractivity contribution < 1.29 is 35.5 Å². The Morgan fingerprint density at radius 3 is 2.22 bits per heavy atom. The van der Waals surface area contributed by atoms with Crippen molar-refractivity contribution in [3.8, 4) is 11.8 Å². The van der Waals surface area contributed by atoms with Gasteiger partial charge in [0.15, 0.2) is 5.82 Å². The third kappa shape index (κ3) is 11.1. The van der Waals surface area contributed by atoms with E-state index in [0.717, 1.165) is 12.1 Å². The third-order valence-electron chi connectivity index (χ3n) is 7.93. The van der Waals surface area contributed by atoms with E-state index in [0.29, 0.717) is 36.6 Å². The van der Waals surface area contributed by atoms with Crippen LogP contribution in [0.25, 0.3) is 5.69 Å². The summed E-state index contributed by atoms with van der Waals surface area (Å²) in [7, 11) is -8.63. The molecular weight excluding hydrogens is 795 g/mol. The number of hydrogen-bond acceptors (Lipinski definition) is 11. The molecule has 292 valence electrons. The number of nitriles is 1. The SMILES string of the molecule is CCN(CCCCS(=O)(=O)O)c1ccc(N=Nc2c(C#N)c(C(C)(C)C)nn2-c2c(Cl)cc(NC(=O)c3cccc(S(=O)(=O)O)c3)cc2Cl)c(NC(C)=O)c1. The van der Waals surface area contributed by atoms with Gasteiger partial charge in [-0.2, -0.15) is 27.2 Å². The first-order valence-corrected chi connectivity index (χ1v) is 20.4. The van der Waals surface area contributed by atoms with Crippen molar-refractivity contribution in [3.05, 3.63) is 81.5 Å². The fourth-order valence-corrected chi connectivity index (χ4v) is 7.12. The third-order valence-corrected chi connectivity index (χ3v) is 10.2. The molecule has 0 radical (unpaired) electrons. The number of hydrogen-bond donors (Lipinski definition) is 4. The molecule has 4 aromatic rings. The second-order valence-corrected chi connectivity index (χ2v) is 17.0. The van der Waals surface area contributed by atoms with Crippen LogP contribution in [-0.4, -0.2) is 66.4 Å². The van der Waals surface area contributed by atoms with Gasteiger partial charge in [0.05, 0.1) is 32.1 Å². The molecule has 0 spiro atoms. The van der Waals surface area contributed by atoms with Gasteiger partial charge in [-0.3, -0.25) is 18.7 Å². The molecule has 20 heteroatoms. The van der Waals surface area contributed by atoms with E-state index in [1.807, 2.05) is 32.6 Å². The molecule has 16 nitrogen and oxygen atoms in total. The molecule has 3 aromatic carbocycles. The molecule has 0 aliphatic rings. The summed E-state index contributed by atoms with van der Waals surface area (Å²) in [6, 6.07) is 14.7. The van der Waals surface area contributed by atoms with E-state index in [1.54, 1.807) is 18.2 Å². The van der Waals surface area contributed by atoms with E-state index < -0.39 is 36.5 Å². The van der Waals surface area contributed by atoms with Crippen LogP contribution >= 0.6 is 23.2 Å². The highest BCUT2D eigenvalue weighted by Gasteiger charge is 2.30. The minimum Gasteiger partial charge on any atom is -0.372 e. The Morgan fingerprint density at radius 2 is 1.65 bits per heavy atom. The smallest absolute Gasteiger partial charge is 0.294 e. The van der Waals surface area contributed by atoms with Gasteiger partial charge in [-0.15, -0.1) is 10.2 Å². The summed E-state index contributed by atoms with van der Waals surface area (Å²) in [6.45, 7) is 9.79. The summed E-state index contributed by atoms with van der Waals surface area (Å²) in [5.74, 6) is -1.50. The number of nitrogens with zero attached hydrogens (tertiary/aromatic N) is 6. The van der Waals surface area contributed by atoms with Crippen LogP contribution in [0.3, 0.4) is 0 Å². The van der Waals surface area contributed by atoms with Gasteiger partial charge < -0.3 is 15.5 Å². The lowest BCUT2D eigenvalue weighted by Crippen LogP contribution is -2.24. The van der Waals surface area contributed by atoms with Gasteiger partial charge in [0.25, 0.3) is 26.1 Å². The van der Waals surface area contributed by atoms with Crippen molar-refractivity contribution in [2.24, 2.45) is 10.2 Å². The van der Waals surface area contributed by atoms with Crippen LogP contribution in [0.4, 0.5) is 28.6 Å². The molecule has 0 saturated carbocycles. The molecule has 0 fully saturated rings. The number of azo groups is 1. The Balaban J connectivity index is 1.75. The Kier molecular flexibility index (Phi) is 13.5. The van der Waals surface area contributed by atoms with Crippen molar-refractivity contribution in [2.45, 2.75) is 57.8 Å². The quantitative estimate of drug-likeness (QED) is 0.0545. The van der Waals surface area contributed by atoms with Gasteiger partial charge in [0.2, 0.25) is 5.91 Å². The molecule has 0 aliphatic heterocycles. The predicted molar refractivity (Wildman–Crippen MR) is 210 cm³/mol. The average Bonchev–Trinajstić information content (AvgIpc) is 3.45. The first-order chi connectivity index (χ1) is 25.6. The number of carbonyl (C=O) groups is 2. The number of benzene rings is 3. The van der Waals surface area contributed by atoms with E-state index in [-0.39, 0.29) is 62.1 Å². The number of rotatable bonds is 14. The summed E-state index contributed by atoms with van der Waals surface area (Å²) >= 11 is 13.5. The Bertz CT molecular complexity index is 2400. The van der Waals surface area contributed by atoms with E-state index in [1.165, 1.54) is 35.9 Å². The Hall–Kier alpha value is -4.90. The highest BCUT2D eigenvalue weighted by molar-refractivity contribution is 7.86. The van der Waals surface area contributed by atoms with E-state index in [9.17, 15) is 36.2 Å². The number of unbranched alkanes of at least 4 members (excludes halogenated alkanes) is 1. The lowest BCUT2D eigenvalue weighted by Gasteiger charge is -2.24. The normalized spacial score (nSPS) is 12.1. The molecule has 4 N–H and O–H groups in total. The second kappa shape index (κ2) is 17.3. The zero-order chi connectivity index (χ0) is 40.9. The highest BCUT2D eigenvalue weighted by Crippen LogP contribution is 2.40. The van der Waals surface area contributed by atoms with Crippen LogP contribution in [0.15, 0.2) is 69.7 Å². The highest BCUT2D eigenvalue weighted by atomic mass is 35.5. The van der Waals surface area contributed by atoms with Gasteiger partial charge >= 0.3 is 0 Å². The van der Waals surface area contributed by atoms with Gasteiger partial charge in [-0.05, 0) is 68.3 Å². The van der Waals surface area contributed by atoms with E-state index in [2.05, 4.69) is 32.0 Å². The van der Waals surface area contributed by atoms with Crippen LogP contribution in [0.2, 0.25) is 10.0 Å². The average molecular weight is 834 g/mol. The number of halogens is 2. The molecule has 55 heavy (non-hydrogen) atoms. The van der Waals surface area contributed by atoms with Crippen molar-refractivity contribution in [3.63, 3.8) is 0 Å². The summed E-state index contributed by atoms with van der Waals surface area (Å²) < 4.78 is 65.1. The van der Waals surface area contributed by atoms with Crippen LogP contribution in [0.1, 0.15) is 69.1 Å². The number of nitrogens with one attached hydrogen (secondary N) is 2. The number of aromatic nitrogens is 2. The molecular formula is C35H38Cl2N8O8S2. The lowest BCUT2D eigenvalue weighted by molar-refractivity contribution is -0.114. The van der Waals surface area contributed by atoms with Crippen molar-refractivity contribution in [1.29, 1.82) is 5.26 Å². The molecule has 1 heterocycles. The van der Waals surface area contributed by atoms with E-state index in [4.69, 9.17) is 27.8 Å². The lowest BCUT2D eigenvalue weighted by atomic mass is 9.90. The predicted octanol–water partition coefficient (Wildman–Crippen LogP) is 7.72. The molecule has 0 saturated heterocycles. The monoisotopic (exact) mass is 832 g/mol. The molecule has 0 bridgehead atoms. The molecule has 0 aliphatic carbocycles. The molecule has 4 rings (SSSR count). The van der Waals surface area contributed by atoms with Gasteiger partial charge in [-0.25, -0.2) is 4.68 Å². The van der Waals surface area contributed by atoms with Crippen LogP contribution in [0, 0.1) is 11.3 Å². The maximum absolute atomic E-state index is 13.0. The zero-order valence-electron chi connectivity index (χ0n) is 30.3. The maximum Gasteiger partial charge on any atom is 0.294 e. The van der Waals surface area contributed by atoms with Gasteiger partial charge in [0, 0.05) is 42.4 Å². The summed E-state index contributed by atoms with van der Waals surface area (Å²) in [4.78, 5) is 26.7. The van der Waals surface area contributed by atoms with Crippen LogP contribution < -0.4 is 15.5 Å². The minimum atomic E-state index is -4.56. The summed E-state index contributed by atoms with van der Waals surface area (Å²) in [5, 5.41) is 29.1. The second-order valence-electron chi connectivity index (χ2n) is 13.2. The van der Waals surface area contributed by atoms with Gasteiger partial charge in [0.1, 0.15) is 23.0 Å². The van der Waals surface area contributed by atoms with E-state index >= 15 is 0 Å². The first-order valence-electron chi connectivity index (χ1n) is 16.6. The van der Waals surface area contributed by atoms with Gasteiger partial charge in [-0.1, -0.05) is 50.0 Å². The summed E-state index contributed by atoms with van der Waals surface area (Å²) in [6.07, 6.45) is 0.732. The maximum atomic E-state index is 13.0. The fourth-order valence-electron chi connectivity index (χ4n) is 5.38. The largest absolute Gasteiger partial charge is 0.372 e. The minimum absolute atomic E-state index is 0.0158. The molecule has 2 amide bonds. The van der Waals surface area contributed by atoms with Crippen LogP contribution in [-0.2, 0) is 30.4 Å². The van der Waals surface area contributed by atoms with Crippen molar-refractivity contribution in [2.75, 3.05) is 34.4 Å². The topological polar surface area (TPSA) is 237 Å². The van der Waals surface area contributed by atoms with Crippen molar-refractivity contribution in [1.82, 2.24) is 9.78 Å². The standard InChI is InChI=1S/C35H38Cl2N8O8S2/c1-6-44(14-7-8-15-54(48,49)50)24-12-13-29(30(19-24)39-21(2)46)41-42-33-26(20-38)32(35(3,4)5)43-45(33)31-27(36)17-23(18-28(31)37)40-34(47)22-10-9-11-25(16-22)55(51,52)53/h9-13,16-19H,6-8,14-15H2,1-5H3,(H,39,46)(H,40,47)(H,48,49,50)(H,51,52,53). The number of anilines is 3. The molecule has 1 aromatic heterocycles. The Morgan fingerprint density at radius 1 is 0.982 bits per heavy atom. The van der Waals surface area contributed by atoms with Crippen molar-refractivity contribution >= 4 is 83.8 Å². The fraction of sp³-hybridized carbons (Fsp3) is 0.314. The Labute approximate surface area is 328 Å². The number of carbonyl (C=O) groups excluding carboxylic acids is 2.